The van der Waals surface area contributed by atoms with Crippen LogP contribution in [0, 0.1) is 5.92 Å². The molecule has 0 spiro atoms. The molecule has 1 atom stereocenters. The van der Waals surface area contributed by atoms with Gasteiger partial charge in [0.25, 0.3) is 0 Å². The van der Waals surface area contributed by atoms with E-state index in [-0.39, 0.29) is 11.6 Å². The number of nitrogens with two attached hydrogens (primary N) is 1. The summed E-state index contributed by atoms with van der Waals surface area (Å²) in [6.45, 7) is 6.55. The summed E-state index contributed by atoms with van der Waals surface area (Å²) in [6, 6.07) is 0.137. The van der Waals surface area contributed by atoms with Crippen LogP contribution in [0.3, 0.4) is 0 Å². The lowest BCUT2D eigenvalue weighted by Gasteiger charge is -2.42. The lowest BCUT2D eigenvalue weighted by molar-refractivity contribution is -0.0691. The molecule has 1 fully saturated rings. The van der Waals surface area contributed by atoms with Crippen LogP contribution in [0.1, 0.15) is 64.2 Å². The van der Waals surface area contributed by atoms with Crippen LogP contribution in [0.4, 0.5) is 0 Å². The third kappa shape index (κ3) is 2.81. The van der Waals surface area contributed by atoms with Crippen molar-refractivity contribution >= 4 is 15.9 Å². The van der Waals surface area contributed by atoms with Gasteiger partial charge in [-0.3, -0.25) is 4.68 Å². The van der Waals surface area contributed by atoms with Crippen LogP contribution >= 0.6 is 15.9 Å². The molecule has 0 amide bonds. The summed E-state index contributed by atoms with van der Waals surface area (Å²) in [5.41, 5.74) is 7.42. The van der Waals surface area contributed by atoms with Crippen molar-refractivity contribution in [2.24, 2.45) is 11.7 Å². The molecule has 2 N–H and O–H groups in total. The molecule has 1 aromatic rings. The monoisotopic (exact) mass is 343 g/mol. The van der Waals surface area contributed by atoms with Crippen LogP contribution in [0.25, 0.3) is 0 Å². The first-order chi connectivity index (χ1) is 9.41. The van der Waals surface area contributed by atoms with E-state index >= 15 is 0 Å². The normalized spacial score (nSPS) is 28.9. The van der Waals surface area contributed by atoms with E-state index in [0.717, 1.165) is 28.9 Å². The van der Waals surface area contributed by atoms with E-state index in [1.807, 2.05) is 10.9 Å². The van der Waals surface area contributed by atoms with Gasteiger partial charge in [0.2, 0.25) is 0 Å². The second-order valence-corrected chi connectivity index (χ2v) is 7.20. The number of ether oxygens (including phenoxy) is 1. The predicted molar refractivity (Wildman–Crippen MR) is 84.6 cm³/mol. The van der Waals surface area contributed by atoms with Crippen molar-refractivity contribution < 1.29 is 4.74 Å². The number of aromatic nitrogens is 2. The summed E-state index contributed by atoms with van der Waals surface area (Å²) in [4.78, 5) is 0. The van der Waals surface area contributed by atoms with Gasteiger partial charge < -0.3 is 10.5 Å². The molecule has 0 saturated heterocycles. The molecule has 1 aromatic heterocycles. The van der Waals surface area contributed by atoms with E-state index in [1.54, 1.807) is 7.11 Å². The Bertz CT molecular complexity index is 450. The Hall–Kier alpha value is -0.390. The van der Waals surface area contributed by atoms with E-state index < -0.39 is 0 Å². The quantitative estimate of drug-likeness (QED) is 0.903. The lowest BCUT2D eigenvalue weighted by atomic mass is 9.74. The summed E-state index contributed by atoms with van der Waals surface area (Å²) in [6.07, 6.45) is 6.22. The minimum atomic E-state index is -0.262. The summed E-state index contributed by atoms with van der Waals surface area (Å²) in [5, 5.41) is 4.45. The van der Waals surface area contributed by atoms with Gasteiger partial charge in [0.1, 0.15) is 0 Å². The van der Waals surface area contributed by atoms with E-state index in [2.05, 4.69) is 41.8 Å². The van der Waals surface area contributed by atoms with Crippen LogP contribution < -0.4 is 5.73 Å². The fourth-order valence-corrected chi connectivity index (χ4v) is 3.72. The summed E-state index contributed by atoms with van der Waals surface area (Å²) >= 11 is 3.60. The van der Waals surface area contributed by atoms with Crippen LogP contribution in [0.15, 0.2) is 10.7 Å². The number of hydrogen-bond donors (Lipinski definition) is 1. The first-order valence-corrected chi connectivity index (χ1v) is 8.24. The highest BCUT2D eigenvalue weighted by Gasteiger charge is 2.42. The minimum absolute atomic E-state index is 0.153. The van der Waals surface area contributed by atoms with Gasteiger partial charge in [0.05, 0.1) is 28.0 Å². The number of rotatable bonds is 4. The van der Waals surface area contributed by atoms with Crippen molar-refractivity contribution in [1.29, 1.82) is 0 Å². The Morgan fingerprint density at radius 2 is 2.05 bits per heavy atom. The van der Waals surface area contributed by atoms with Crippen LogP contribution in [-0.2, 0) is 4.74 Å². The van der Waals surface area contributed by atoms with Gasteiger partial charge in [-0.25, -0.2) is 0 Å². The molecule has 20 heavy (non-hydrogen) atoms. The number of hydrogen-bond acceptors (Lipinski definition) is 3. The highest BCUT2D eigenvalue weighted by atomic mass is 79.9. The van der Waals surface area contributed by atoms with Crippen molar-refractivity contribution in [2.75, 3.05) is 7.11 Å². The molecule has 0 radical (unpaired) electrons. The number of halogens is 1. The molecule has 0 bridgehead atoms. The second-order valence-electron chi connectivity index (χ2n) is 6.35. The van der Waals surface area contributed by atoms with Crippen molar-refractivity contribution in [3.05, 3.63) is 16.4 Å². The van der Waals surface area contributed by atoms with Gasteiger partial charge in [0, 0.05) is 13.2 Å². The Morgan fingerprint density at radius 3 is 2.55 bits per heavy atom. The largest absolute Gasteiger partial charge is 0.376 e. The summed E-state index contributed by atoms with van der Waals surface area (Å²) in [7, 11) is 1.79. The van der Waals surface area contributed by atoms with E-state index in [4.69, 9.17) is 10.5 Å². The molecule has 0 aromatic carbocycles. The molecule has 1 aliphatic carbocycles. The zero-order valence-corrected chi connectivity index (χ0v) is 14.5. The van der Waals surface area contributed by atoms with E-state index in [1.165, 1.54) is 12.8 Å². The summed E-state index contributed by atoms with van der Waals surface area (Å²) in [5.74, 6) is 0.768. The molecule has 2 rings (SSSR count). The fourth-order valence-electron chi connectivity index (χ4n) is 3.20. The van der Waals surface area contributed by atoms with Gasteiger partial charge in [0.15, 0.2) is 0 Å². The van der Waals surface area contributed by atoms with E-state index in [0.29, 0.717) is 6.04 Å². The Morgan fingerprint density at radius 1 is 1.45 bits per heavy atom. The van der Waals surface area contributed by atoms with Crippen LogP contribution in [-0.4, -0.2) is 22.5 Å². The number of methoxy groups -OCH3 is 1. The molecule has 5 heteroatoms. The molecule has 1 unspecified atom stereocenters. The van der Waals surface area contributed by atoms with Gasteiger partial charge in [-0.05, 0) is 61.4 Å². The van der Waals surface area contributed by atoms with Crippen molar-refractivity contribution in [1.82, 2.24) is 9.78 Å². The average Bonchev–Trinajstić information content (AvgIpc) is 2.81. The second kappa shape index (κ2) is 6.16. The topological polar surface area (TPSA) is 53.1 Å². The molecular weight excluding hydrogens is 318 g/mol. The third-order valence-corrected chi connectivity index (χ3v) is 5.28. The highest BCUT2D eigenvalue weighted by Crippen LogP contribution is 2.43. The molecule has 4 nitrogen and oxygen atoms in total. The van der Waals surface area contributed by atoms with Crippen LogP contribution in [0.2, 0.25) is 0 Å². The van der Waals surface area contributed by atoms with Crippen molar-refractivity contribution in [3.8, 4) is 0 Å². The van der Waals surface area contributed by atoms with Gasteiger partial charge in [-0.15, -0.1) is 0 Å². The smallest absolute Gasteiger partial charge is 0.0886 e. The van der Waals surface area contributed by atoms with Crippen molar-refractivity contribution in [3.63, 3.8) is 0 Å². The SMILES string of the molecule is COC1(C(N)c2c(Br)cnn2C(C)C)CCC(C)CC1. The first-order valence-electron chi connectivity index (χ1n) is 7.45. The lowest BCUT2D eigenvalue weighted by Crippen LogP contribution is -2.46. The molecular formula is C15H26BrN3O. The molecule has 0 aliphatic heterocycles. The summed E-state index contributed by atoms with van der Waals surface area (Å²) < 4.78 is 8.90. The zero-order valence-electron chi connectivity index (χ0n) is 12.9. The fraction of sp³-hybridized carbons (Fsp3) is 0.800. The molecule has 1 saturated carbocycles. The maximum Gasteiger partial charge on any atom is 0.0886 e. The zero-order chi connectivity index (χ0) is 14.9. The molecule has 114 valence electrons. The number of nitrogens with zero attached hydrogens (tertiary/aromatic N) is 2. The first kappa shape index (κ1) is 16.0. The van der Waals surface area contributed by atoms with Crippen LogP contribution in [0.5, 0.6) is 0 Å². The van der Waals surface area contributed by atoms with Gasteiger partial charge in [-0.2, -0.15) is 5.10 Å². The van der Waals surface area contributed by atoms with E-state index in [9.17, 15) is 0 Å². The highest BCUT2D eigenvalue weighted by molar-refractivity contribution is 9.10. The average molecular weight is 344 g/mol. The van der Waals surface area contributed by atoms with Gasteiger partial charge >= 0.3 is 0 Å². The predicted octanol–water partition coefficient (Wildman–Crippen LogP) is 3.82. The third-order valence-electron chi connectivity index (χ3n) is 4.66. The maximum absolute atomic E-state index is 6.63. The Balaban J connectivity index is 2.34. The standard InChI is InChI=1S/C15H26BrN3O/c1-10(2)19-13(12(16)9-18-19)14(17)15(20-4)7-5-11(3)6-8-15/h9-11,14H,5-8,17H2,1-4H3. The van der Waals surface area contributed by atoms with Gasteiger partial charge in [-0.1, -0.05) is 6.92 Å². The Labute approximate surface area is 130 Å². The van der Waals surface area contributed by atoms with Crippen molar-refractivity contribution in [2.45, 2.75) is 64.1 Å². The minimum Gasteiger partial charge on any atom is -0.376 e. The molecule has 1 aliphatic rings. The Kier molecular flexibility index (Phi) is 4.92. The molecule has 1 heterocycles. The maximum atomic E-state index is 6.63.